The molecule has 0 bridgehead atoms. The van der Waals surface area contributed by atoms with Gasteiger partial charge in [0, 0.05) is 18.1 Å². The Hall–Kier alpha value is -2.69. The summed E-state index contributed by atoms with van der Waals surface area (Å²) in [5.74, 6) is 2.45. The first kappa shape index (κ1) is 22.5. The average Bonchev–Trinajstić information content (AvgIpc) is 2.80. The second-order valence-corrected chi connectivity index (χ2v) is 8.77. The van der Waals surface area contributed by atoms with Crippen molar-refractivity contribution in [2.75, 3.05) is 27.9 Å². The van der Waals surface area contributed by atoms with Gasteiger partial charge in [0.1, 0.15) is 5.75 Å². The van der Waals surface area contributed by atoms with Crippen molar-refractivity contribution in [3.63, 3.8) is 0 Å². The van der Waals surface area contributed by atoms with E-state index in [2.05, 4.69) is 55.1 Å². The maximum atomic E-state index is 6.41. The molecule has 4 nitrogen and oxygen atoms in total. The second kappa shape index (κ2) is 9.43. The molecule has 0 saturated heterocycles. The fourth-order valence-corrected chi connectivity index (χ4v) is 4.89. The molecule has 1 heterocycles. The molecule has 168 valence electrons. The molecule has 1 aliphatic heterocycles. The van der Waals surface area contributed by atoms with Crippen molar-refractivity contribution < 1.29 is 14.2 Å². The average molecular weight is 452 g/mol. The summed E-state index contributed by atoms with van der Waals surface area (Å²) in [5, 5.41) is 0.742. The van der Waals surface area contributed by atoms with Crippen LogP contribution < -0.4 is 14.2 Å². The van der Waals surface area contributed by atoms with Crippen molar-refractivity contribution in [3.8, 4) is 17.2 Å². The van der Waals surface area contributed by atoms with Crippen LogP contribution in [-0.2, 0) is 13.0 Å². The first-order valence-corrected chi connectivity index (χ1v) is 11.2. The minimum absolute atomic E-state index is 0.0686. The third-order valence-electron chi connectivity index (χ3n) is 6.36. The van der Waals surface area contributed by atoms with Gasteiger partial charge >= 0.3 is 0 Å². The van der Waals surface area contributed by atoms with Gasteiger partial charge in [0.25, 0.3) is 0 Å². The molecule has 0 radical (unpaired) electrons. The van der Waals surface area contributed by atoms with Gasteiger partial charge < -0.3 is 14.2 Å². The smallest absolute Gasteiger partial charge is 0.161 e. The van der Waals surface area contributed by atoms with Crippen molar-refractivity contribution in [2.24, 2.45) is 0 Å². The molecule has 0 unspecified atom stereocenters. The van der Waals surface area contributed by atoms with Crippen molar-refractivity contribution >= 4 is 11.6 Å². The number of nitrogens with zero attached hydrogens (tertiary/aromatic N) is 1. The molecule has 32 heavy (non-hydrogen) atoms. The van der Waals surface area contributed by atoms with Crippen LogP contribution in [0.15, 0.2) is 48.5 Å². The lowest BCUT2D eigenvalue weighted by Crippen LogP contribution is -2.36. The van der Waals surface area contributed by atoms with Crippen LogP contribution in [0.3, 0.4) is 0 Å². The van der Waals surface area contributed by atoms with Gasteiger partial charge in [0.05, 0.1) is 27.4 Å². The fourth-order valence-electron chi connectivity index (χ4n) is 4.69. The van der Waals surface area contributed by atoms with Crippen molar-refractivity contribution in [1.29, 1.82) is 0 Å². The van der Waals surface area contributed by atoms with Crippen LogP contribution in [0.1, 0.15) is 39.4 Å². The van der Waals surface area contributed by atoms with E-state index in [1.165, 1.54) is 27.8 Å². The molecule has 3 aromatic carbocycles. The largest absolute Gasteiger partial charge is 0.496 e. The Balaban J connectivity index is 1.80. The predicted octanol–water partition coefficient (Wildman–Crippen LogP) is 6.13. The monoisotopic (exact) mass is 451 g/mol. The Morgan fingerprint density at radius 3 is 2.28 bits per heavy atom. The molecule has 1 atom stereocenters. The van der Waals surface area contributed by atoms with Gasteiger partial charge in [-0.05, 0) is 84.0 Å². The van der Waals surface area contributed by atoms with Crippen molar-refractivity contribution in [3.05, 3.63) is 86.9 Å². The summed E-state index contributed by atoms with van der Waals surface area (Å²) in [7, 11) is 5.09. The van der Waals surface area contributed by atoms with Crippen molar-refractivity contribution in [2.45, 2.75) is 32.9 Å². The number of ether oxygens (including phenoxy) is 3. The number of fused-ring (bicyclic) bond motifs is 1. The molecular weight excluding hydrogens is 422 g/mol. The zero-order valence-electron chi connectivity index (χ0n) is 19.4. The number of hydrogen-bond acceptors (Lipinski definition) is 4. The van der Waals surface area contributed by atoms with E-state index in [4.69, 9.17) is 25.8 Å². The van der Waals surface area contributed by atoms with Crippen LogP contribution in [0.5, 0.6) is 17.2 Å². The molecule has 0 spiro atoms. The lowest BCUT2D eigenvalue weighted by molar-refractivity contribution is 0.203. The van der Waals surface area contributed by atoms with E-state index >= 15 is 0 Å². The number of hydrogen-bond donors (Lipinski definition) is 0. The lowest BCUT2D eigenvalue weighted by Gasteiger charge is -2.38. The zero-order chi connectivity index (χ0) is 22.8. The molecule has 0 aliphatic carbocycles. The first-order valence-electron chi connectivity index (χ1n) is 10.8. The first-order chi connectivity index (χ1) is 15.4. The topological polar surface area (TPSA) is 30.9 Å². The molecule has 0 aromatic heterocycles. The number of aryl methyl sites for hydroxylation is 2. The van der Waals surface area contributed by atoms with Gasteiger partial charge in [-0.1, -0.05) is 29.8 Å². The molecule has 0 N–H and O–H groups in total. The van der Waals surface area contributed by atoms with E-state index in [0.717, 1.165) is 47.3 Å². The van der Waals surface area contributed by atoms with Gasteiger partial charge in [-0.2, -0.15) is 0 Å². The highest BCUT2D eigenvalue weighted by Crippen LogP contribution is 2.42. The van der Waals surface area contributed by atoms with Gasteiger partial charge in [-0.3, -0.25) is 4.90 Å². The van der Waals surface area contributed by atoms with Crippen LogP contribution in [0.4, 0.5) is 0 Å². The number of rotatable bonds is 6. The summed E-state index contributed by atoms with van der Waals surface area (Å²) in [6.07, 6.45) is 0.945. The summed E-state index contributed by atoms with van der Waals surface area (Å²) in [6, 6.07) is 16.8. The number of halogens is 1. The third-order valence-corrected chi connectivity index (χ3v) is 6.60. The summed E-state index contributed by atoms with van der Waals surface area (Å²) in [5.41, 5.74) is 7.38. The quantitative estimate of drug-likeness (QED) is 0.451. The molecular formula is C27H30ClNO3. The highest BCUT2D eigenvalue weighted by atomic mass is 35.5. The van der Waals surface area contributed by atoms with Crippen LogP contribution in [0.25, 0.3) is 0 Å². The van der Waals surface area contributed by atoms with Crippen LogP contribution >= 0.6 is 11.6 Å². The number of methoxy groups -OCH3 is 3. The van der Waals surface area contributed by atoms with Gasteiger partial charge in [-0.25, -0.2) is 0 Å². The normalized spacial score (nSPS) is 15.9. The van der Waals surface area contributed by atoms with Gasteiger partial charge in [0.2, 0.25) is 0 Å². The lowest BCUT2D eigenvalue weighted by atomic mass is 9.87. The predicted molar refractivity (Wildman–Crippen MR) is 129 cm³/mol. The molecule has 4 rings (SSSR count). The minimum atomic E-state index is 0.0686. The van der Waals surface area contributed by atoms with E-state index in [1.54, 1.807) is 21.3 Å². The highest BCUT2D eigenvalue weighted by Gasteiger charge is 2.31. The third kappa shape index (κ3) is 4.30. The van der Waals surface area contributed by atoms with E-state index in [-0.39, 0.29) is 6.04 Å². The molecule has 0 amide bonds. The maximum Gasteiger partial charge on any atom is 0.161 e. The van der Waals surface area contributed by atoms with E-state index in [0.29, 0.717) is 0 Å². The van der Waals surface area contributed by atoms with Crippen LogP contribution in [-0.4, -0.2) is 32.8 Å². The Bertz CT molecular complexity index is 1130. The van der Waals surface area contributed by atoms with Crippen LogP contribution in [0.2, 0.25) is 5.02 Å². The summed E-state index contributed by atoms with van der Waals surface area (Å²) >= 11 is 6.41. The summed E-state index contributed by atoms with van der Waals surface area (Å²) in [4.78, 5) is 2.52. The Labute approximate surface area is 195 Å². The van der Waals surface area contributed by atoms with E-state index in [9.17, 15) is 0 Å². The van der Waals surface area contributed by atoms with E-state index < -0.39 is 0 Å². The SMILES string of the molecule is COc1cc(C)c(CN2CCc3cc(OC)c(OC)cc3[C@@H]2c2cccc(Cl)c2)cc1C. The summed E-state index contributed by atoms with van der Waals surface area (Å²) in [6.45, 7) is 6.02. The minimum Gasteiger partial charge on any atom is -0.496 e. The zero-order valence-corrected chi connectivity index (χ0v) is 20.1. The molecule has 0 fully saturated rings. The highest BCUT2D eigenvalue weighted by molar-refractivity contribution is 6.30. The molecule has 0 saturated carbocycles. The maximum absolute atomic E-state index is 6.41. The fraction of sp³-hybridized carbons (Fsp3) is 0.333. The molecule has 3 aromatic rings. The Morgan fingerprint density at radius 2 is 1.59 bits per heavy atom. The van der Waals surface area contributed by atoms with E-state index in [1.807, 2.05) is 12.1 Å². The summed E-state index contributed by atoms with van der Waals surface area (Å²) < 4.78 is 16.7. The Kier molecular flexibility index (Phi) is 6.63. The second-order valence-electron chi connectivity index (χ2n) is 8.33. The Morgan fingerprint density at radius 1 is 0.875 bits per heavy atom. The number of benzene rings is 3. The standard InChI is InChI=1S/C27H30ClNO3/c1-17-12-24(30-3)18(2)11-21(17)16-29-10-9-19-14-25(31-4)26(32-5)15-23(19)27(29)20-7-6-8-22(28)13-20/h6-8,11-15,27H,9-10,16H2,1-5H3/t27-/m0/s1. The van der Waals surface area contributed by atoms with Crippen molar-refractivity contribution in [1.82, 2.24) is 4.90 Å². The molecule has 5 heteroatoms. The van der Waals surface area contributed by atoms with Gasteiger partial charge in [-0.15, -0.1) is 0 Å². The van der Waals surface area contributed by atoms with Gasteiger partial charge in [0.15, 0.2) is 11.5 Å². The van der Waals surface area contributed by atoms with Crippen LogP contribution in [0, 0.1) is 13.8 Å². The molecule has 1 aliphatic rings.